The maximum absolute atomic E-state index is 12.1. The Labute approximate surface area is 105 Å². The smallest absolute Gasteiger partial charge is 0.257 e. The number of phenolic OH excluding ortho intramolecular Hbond substituents is 2. The van der Waals surface area contributed by atoms with Crippen LogP contribution in [-0.2, 0) is 0 Å². The number of benzene rings is 1. The second kappa shape index (κ2) is 4.86. The van der Waals surface area contributed by atoms with Crippen molar-refractivity contribution < 1.29 is 20.1 Å². The van der Waals surface area contributed by atoms with Crippen LogP contribution in [-0.4, -0.2) is 45.3 Å². The van der Waals surface area contributed by atoms with Crippen molar-refractivity contribution in [2.75, 3.05) is 13.1 Å². The van der Waals surface area contributed by atoms with Crippen LogP contribution in [0.2, 0.25) is 0 Å². The number of hydrogen-bond donors (Lipinski definition) is 3. The van der Waals surface area contributed by atoms with Crippen molar-refractivity contribution in [3.05, 3.63) is 23.8 Å². The minimum Gasteiger partial charge on any atom is -0.508 e. The van der Waals surface area contributed by atoms with E-state index in [0.29, 0.717) is 13.1 Å². The molecule has 2 unspecified atom stereocenters. The molecule has 3 N–H and O–H groups in total. The molecule has 0 saturated carbocycles. The topological polar surface area (TPSA) is 81.0 Å². The van der Waals surface area contributed by atoms with Gasteiger partial charge in [-0.15, -0.1) is 0 Å². The van der Waals surface area contributed by atoms with Gasteiger partial charge in [0.15, 0.2) is 0 Å². The largest absolute Gasteiger partial charge is 0.508 e. The summed E-state index contributed by atoms with van der Waals surface area (Å²) in [6, 6.07) is 3.92. The third kappa shape index (κ3) is 2.41. The van der Waals surface area contributed by atoms with E-state index in [1.54, 1.807) is 11.8 Å². The SMILES string of the molecule is CC(O)C1CCN(C(=O)c2ccc(O)cc2O)C1. The predicted octanol–water partition coefficient (Wildman–Crippen LogP) is 0.941. The number of amides is 1. The summed E-state index contributed by atoms with van der Waals surface area (Å²) in [4.78, 5) is 13.8. The highest BCUT2D eigenvalue weighted by Crippen LogP contribution is 2.27. The van der Waals surface area contributed by atoms with Crippen molar-refractivity contribution in [1.29, 1.82) is 0 Å². The Morgan fingerprint density at radius 3 is 2.72 bits per heavy atom. The van der Waals surface area contributed by atoms with E-state index in [1.165, 1.54) is 12.1 Å². The monoisotopic (exact) mass is 251 g/mol. The number of hydrogen-bond acceptors (Lipinski definition) is 4. The summed E-state index contributed by atoms with van der Waals surface area (Å²) in [6.45, 7) is 2.79. The first-order chi connectivity index (χ1) is 8.49. The third-order valence-corrected chi connectivity index (χ3v) is 3.41. The van der Waals surface area contributed by atoms with Gasteiger partial charge in [0.25, 0.3) is 5.91 Å². The number of likely N-dealkylation sites (tertiary alicyclic amines) is 1. The second-order valence-electron chi connectivity index (χ2n) is 4.74. The molecule has 1 aliphatic rings. The average Bonchev–Trinajstić information content (AvgIpc) is 2.77. The van der Waals surface area contributed by atoms with Crippen LogP contribution in [0.5, 0.6) is 11.5 Å². The number of aromatic hydroxyl groups is 2. The number of aliphatic hydroxyl groups is 1. The first kappa shape index (κ1) is 12.7. The van der Waals surface area contributed by atoms with Gasteiger partial charge in [0.2, 0.25) is 0 Å². The van der Waals surface area contributed by atoms with E-state index in [-0.39, 0.29) is 28.9 Å². The summed E-state index contributed by atoms with van der Waals surface area (Å²) in [5.41, 5.74) is 0.180. The van der Waals surface area contributed by atoms with E-state index in [2.05, 4.69) is 0 Å². The molecule has 0 aliphatic carbocycles. The summed E-state index contributed by atoms with van der Waals surface area (Å²) in [5, 5.41) is 28.3. The van der Waals surface area contributed by atoms with Gasteiger partial charge in [0.05, 0.1) is 11.7 Å². The molecule has 0 bridgehead atoms. The van der Waals surface area contributed by atoms with Crippen LogP contribution in [0, 0.1) is 5.92 Å². The fourth-order valence-electron chi connectivity index (χ4n) is 2.24. The predicted molar refractivity (Wildman–Crippen MR) is 65.5 cm³/mol. The Morgan fingerprint density at radius 2 is 2.17 bits per heavy atom. The van der Waals surface area contributed by atoms with E-state index in [4.69, 9.17) is 0 Å². The van der Waals surface area contributed by atoms with E-state index < -0.39 is 6.10 Å². The molecule has 98 valence electrons. The van der Waals surface area contributed by atoms with Gasteiger partial charge >= 0.3 is 0 Å². The fraction of sp³-hybridized carbons (Fsp3) is 0.462. The molecule has 2 rings (SSSR count). The Morgan fingerprint density at radius 1 is 1.44 bits per heavy atom. The lowest BCUT2D eigenvalue weighted by Gasteiger charge is -2.18. The molecule has 0 spiro atoms. The van der Waals surface area contributed by atoms with Crippen molar-refractivity contribution in [2.45, 2.75) is 19.4 Å². The van der Waals surface area contributed by atoms with Gasteiger partial charge in [-0.05, 0) is 25.5 Å². The van der Waals surface area contributed by atoms with Crippen LogP contribution in [0.1, 0.15) is 23.7 Å². The van der Waals surface area contributed by atoms with Gasteiger partial charge in [0.1, 0.15) is 11.5 Å². The molecule has 0 aromatic heterocycles. The van der Waals surface area contributed by atoms with Gasteiger partial charge in [-0.1, -0.05) is 0 Å². The quantitative estimate of drug-likeness (QED) is 0.730. The summed E-state index contributed by atoms with van der Waals surface area (Å²) in [7, 11) is 0. The zero-order valence-electron chi connectivity index (χ0n) is 10.2. The second-order valence-corrected chi connectivity index (χ2v) is 4.74. The first-order valence-electron chi connectivity index (χ1n) is 5.98. The average molecular weight is 251 g/mol. The number of phenols is 2. The Balaban J connectivity index is 2.13. The van der Waals surface area contributed by atoms with Crippen LogP contribution in [0.15, 0.2) is 18.2 Å². The van der Waals surface area contributed by atoms with Crippen LogP contribution in [0.3, 0.4) is 0 Å². The minimum atomic E-state index is -0.434. The van der Waals surface area contributed by atoms with E-state index in [9.17, 15) is 20.1 Å². The van der Waals surface area contributed by atoms with Crippen LogP contribution in [0.4, 0.5) is 0 Å². The van der Waals surface area contributed by atoms with Crippen LogP contribution in [0.25, 0.3) is 0 Å². The molecular weight excluding hydrogens is 234 g/mol. The van der Waals surface area contributed by atoms with Crippen molar-refractivity contribution in [1.82, 2.24) is 4.90 Å². The van der Waals surface area contributed by atoms with E-state index in [1.807, 2.05) is 0 Å². The van der Waals surface area contributed by atoms with Crippen molar-refractivity contribution in [3.63, 3.8) is 0 Å². The minimum absolute atomic E-state index is 0.0765. The zero-order chi connectivity index (χ0) is 13.3. The lowest BCUT2D eigenvalue weighted by Crippen LogP contribution is -2.30. The molecule has 5 nitrogen and oxygen atoms in total. The third-order valence-electron chi connectivity index (χ3n) is 3.41. The standard InChI is InChI=1S/C13H17NO4/c1-8(15)9-4-5-14(7-9)13(18)11-3-2-10(16)6-12(11)17/h2-3,6,8-9,15-17H,4-5,7H2,1H3. The highest BCUT2D eigenvalue weighted by molar-refractivity contribution is 5.97. The van der Waals surface area contributed by atoms with Gasteiger partial charge in [-0.25, -0.2) is 0 Å². The summed E-state index contributed by atoms with van der Waals surface area (Å²) in [6.07, 6.45) is 0.332. The van der Waals surface area contributed by atoms with Gasteiger partial charge in [-0.3, -0.25) is 4.79 Å². The molecule has 1 fully saturated rings. The highest BCUT2D eigenvalue weighted by atomic mass is 16.3. The fourth-order valence-corrected chi connectivity index (χ4v) is 2.24. The molecule has 1 aromatic carbocycles. The number of rotatable bonds is 2. The molecule has 5 heteroatoms. The zero-order valence-corrected chi connectivity index (χ0v) is 10.2. The first-order valence-corrected chi connectivity index (χ1v) is 5.98. The Kier molecular flexibility index (Phi) is 3.43. The lowest BCUT2D eigenvalue weighted by molar-refractivity contribution is 0.0759. The van der Waals surface area contributed by atoms with Gasteiger partial charge in [0, 0.05) is 25.1 Å². The highest BCUT2D eigenvalue weighted by Gasteiger charge is 2.30. The maximum Gasteiger partial charge on any atom is 0.257 e. The van der Waals surface area contributed by atoms with Crippen molar-refractivity contribution >= 4 is 5.91 Å². The molecule has 2 atom stereocenters. The Bertz CT molecular complexity index is 458. The molecule has 0 radical (unpaired) electrons. The molecular formula is C13H17NO4. The van der Waals surface area contributed by atoms with Gasteiger partial charge < -0.3 is 20.2 Å². The molecule has 18 heavy (non-hydrogen) atoms. The number of nitrogens with zero attached hydrogens (tertiary/aromatic N) is 1. The molecule has 1 amide bonds. The summed E-state index contributed by atoms with van der Waals surface area (Å²) in [5.74, 6) is -0.475. The van der Waals surface area contributed by atoms with Gasteiger partial charge in [-0.2, -0.15) is 0 Å². The summed E-state index contributed by atoms with van der Waals surface area (Å²) >= 11 is 0. The van der Waals surface area contributed by atoms with E-state index >= 15 is 0 Å². The van der Waals surface area contributed by atoms with E-state index in [0.717, 1.165) is 12.5 Å². The molecule has 1 aromatic rings. The molecule has 1 saturated heterocycles. The summed E-state index contributed by atoms with van der Waals surface area (Å²) < 4.78 is 0. The number of carbonyl (C=O) groups is 1. The molecule has 1 aliphatic heterocycles. The van der Waals surface area contributed by atoms with Crippen LogP contribution >= 0.6 is 0 Å². The van der Waals surface area contributed by atoms with Crippen molar-refractivity contribution in [3.8, 4) is 11.5 Å². The number of aliphatic hydroxyl groups excluding tert-OH is 1. The molecule has 1 heterocycles. The normalized spacial score (nSPS) is 21.0. The van der Waals surface area contributed by atoms with Crippen molar-refractivity contribution in [2.24, 2.45) is 5.92 Å². The Hall–Kier alpha value is -1.75. The lowest BCUT2D eigenvalue weighted by atomic mass is 10.0. The maximum atomic E-state index is 12.1. The number of carbonyl (C=O) groups excluding carboxylic acids is 1. The van der Waals surface area contributed by atoms with Crippen LogP contribution < -0.4 is 0 Å².